The lowest BCUT2D eigenvalue weighted by molar-refractivity contribution is 0.0731. The molecule has 0 saturated heterocycles. The van der Waals surface area contributed by atoms with Crippen molar-refractivity contribution in [1.82, 2.24) is 0 Å². The Hall–Kier alpha value is -3.20. The van der Waals surface area contributed by atoms with Gasteiger partial charge in [0.1, 0.15) is 5.75 Å². The van der Waals surface area contributed by atoms with E-state index in [0.29, 0.717) is 22.4 Å². The maximum atomic E-state index is 12.7. The molecule has 0 saturated carbocycles. The molecule has 3 nitrogen and oxygen atoms in total. The highest BCUT2D eigenvalue weighted by Gasteiger charge is 2.20. The Labute approximate surface area is 166 Å². The minimum absolute atomic E-state index is 0.0129. The number of rotatable bonds is 5. The fraction of sp³-hybridized carbons (Fsp3) is 0.200. The summed E-state index contributed by atoms with van der Waals surface area (Å²) in [5.41, 5.74) is 2.76. The van der Waals surface area contributed by atoms with E-state index in [1.807, 2.05) is 42.5 Å². The van der Waals surface area contributed by atoms with Gasteiger partial charge in [-0.25, -0.2) is 4.79 Å². The lowest BCUT2D eigenvalue weighted by atomic mass is 9.86. The van der Waals surface area contributed by atoms with Crippen molar-refractivity contribution < 1.29 is 14.3 Å². The molecule has 0 amide bonds. The van der Waals surface area contributed by atoms with Crippen LogP contribution in [0.5, 0.6) is 5.75 Å². The van der Waals surface area contributed by atoms with Crippen molar-refractivity contribution in [2.24, 2.45) is 0 Å². The molecule has 0 N–H and O–H groups in total. The zero-order valence-electron chi connectivity index (χ0n) is 16.4. The second-order valence-corrected chi connectivity index (χ2v) is 7.79. The minimum Gasteiger partial charge on any atom is -0.423 e. The Morgan fingerprint density at radius 2 is 1.36 bits per heavy atom. The molecule has 0 fully saturated rings. The fourth-order valence-corrected chi connectivity index (χ4v) is 2.89. The highest BCUT2D eigenvalue weighted by molar-refractivity contribution is 5.98. The van der Waals surface area contributed by atoms with E-state index in [0.717, 1.165) is 5.56 Å². The molecule has 142 valence electrons. The van der Waals surface area contributed by atoms with E-state index < -0.39 is 5.97 Å². The quantitative estimate of drug-likeness (QED) is 0.331. The predicted octanol–water partition coefficient (Wildman–Crippen LogP) is 5.63. The Kier molecular flexibility index (Phi) is 5.74. The van der Waals surface area contributed by atoms with E-state index in [2.05, 4.69) is 20.8 Å². The van der Waals surface area contributed by atoms with Crippen LogP contribution in [0.2, 0.25) is 0 Å². The number of benzene rings is 3. The third-order valence-electron chi connectivity index (χ3n) is 4.59. The molecule has 0 aliphatic heterocycles. The molecule has 0 heterocycles. The van der Waals surface area contributed by atoms with Gasteiger partial charge in [0.15, 0.2) is 5.78 Å². The number of ketones is 1. The van der Waals surface area contributed by atoms with Gasteiger partial charge >= 0.3 is 5.97 Å². The molecule has 0 unspecified atom stereocenters. The van der Waals surface area contributed by atoms with Crippen LogP contribution in [-0.2, 0) is 11.8 Å². The van der Waals surface area contributed by atoms with Crippen LogP contribution in [-0.4, -0.2) is 11.8 Å². The summed E-state index contributed by atoms with van der Waals surface area (Å²) in [5, 5.41) is 0. The summed E-state index contributed by atoms with van der Waals surface area (Å²) in [7, 11) is 0. The van der Waals surface area contributed by atoms with Gasteiger partial charge in [0.05, 0.1) is 5.56 Å². The predicted molar refractivity (Wildman–Crippen MR) is 111 cm³/mol. The van der Waals surface area contributed by atoms with E-state index in [-0.39, 0.29) is 17.6 Å². The molecule has 0 aromatic heterocycles. The normalized spacial score (nSPS) is 11.1. The van der Waals surface area contributed by atoms with Gasteiger partial charge in [-0.1, -0.05) is 81.4 Å². The van der Waals surface area contributed by atoms with Crippen molar-refractivity contribution in [3.63, 3.8) is 0 Å². The zero-order valence-corrected chi connectivity index (χ0v) is 16.4. The summed E-state index contributed by atoms with van der Waals surface area (Å²) in [5.74, 6) is -0.00764. The Morgan fingerprint density at radius 1 is 0.786 bits per heavy atom. The van der Waals surface area contributed by atoms with E-state index >= 15 is 0 Å². The van der Waals surface area contributed by atoms with E-state index in [9.17, 15) is 9.59 Å². The zero-order chi connectivity index (χ0) is 20.1. The molecule has 3 heteroatoms. The van der Waals surface area contributed by atoms with Crippen LogP contribution in [0.4, 0.5) is 0 Å². The third-order valence-corrected chi connectivity index (χ3v) is 4.59. The summed E-state index contributed by atoms with van der Waals surface area (Å²) in [6.45, 7) is 6.29. The lowest BCUT2D eigenvalue weighted by Crippen LogP contribution is -2.15. The summed E-state index contributed by atoms with van der Waals surface area (Å²) < 4.78 is 5.71. The molecule has 0 aliphatic carbocycles. The standard InChI is InChI=1S/C25H24O3/c1-25(2,3)21-15-14-20(16-22(26)18-10-6-4-7-11-18)23(17-21)28-24(27)19-12-8-5-9-13-19/h4-15,17H,16H2,1-3H3. The number of Topliss-reactive ketones (excluding diaryl/α,β-unsaturated/α-hetero) is 1. The molecule has 3 aromatic carbocycles. The first kappa shape index (κ1) is 19.6. The van der Waals surface area contributed by atoms with E-state index in [1.54, 1.807) is 36.4 Å². The van der Waals surface area contributed by atoms with Gasteiger partial charge in [0, 0.05) is 17.5 Å². The summed E-state index contributed by atoms with van der Waals surface area (Å²) in [4.78, 5) is 25.2. The van der Waals surface area contributed by atoms with Crippen LogP contribution in [0.25, 0.3) is 0 Å². The van der Waals surface area contributed by atoms with Gasteiger partial charge in [-0.05, 0) is 29.2 Å². The number of carbonyl (C=O) groups excluding carboxylic acids is 2. The maximum Gasteiger partial charge on any atom is 0.343 e. The number of hydrogen-bond donors (Lipinski definition) is 0. The average Bonchev–Trinajstić information content (AvgIpc) is 2.69. The van der Waals surface area contributed by atoms with Gasteiger partial charge in [0.25, 0.3) is 0 Å². The largest absolute Gasteiger partial charge is 0.423 e. The van der Waals surface area contributed by atoms with Crippen molar-refractivity contribution in [1.29, 1.82) is 0 Å². The van der Waals surface area contributed by atoms with Crippen molar-refractivity contribution in [2.45, 2.75) is 32.6 Å². The molecule has 0 radical (unpaired) electrons. The van der Waals surface area contributed by atoms with Crippen LogP contribution < -0.4 is 4.74 Å². The highest BCUT2D eigenvalue weighted by Crippen LogP contribution is 2.30. The molecule has 3 aromatic rings. The monoisotopic (exact) mass is 372 g/mol. The van der Waals surface area contributed by atoms with Gasteiger partial charge in [-0.2, -0.15) is 0 Å². The SMILES string of the molecule is CC(C)(C)c1ccc(CC(=O)c2ccccc2)c(OC(=O)c2ccccc2)c1. The van der Waals surface area contributed by atoms with Crippen molar-refractivity contribution in [3.05, 3.63) is 101 Å². The van der Waals surface area contributed by atoms with Crippen molar-refractivity contribution >= 4 is 11.8 Å². The average molecular weight is 372 g/mol. The maximum absolute atomic E-state index is 12.7. The van der Waals surface area contributed by atoms with Crippen LogP contribution in [0.3, 0.4) is 0 Å². The first-order valence-corrected chi connectivity index (χ1v) is 9.33. The second-order valence-electron chi connectivity index (χ2n) is 7.79. The first-order valence-electron chi connectivity index (χ1n) is 9.33. The van der Waals surface area contributed by atoms with Gasteiger partial charge < -0.3 is 4.74 Å². The van der Waals surface area contributed by atoms with E-state index in [4.69, 9.17) is 4.74 Å². The van der Waals surface area contributed by atoms with Gasteiger partial charge in [-0.15, -0.1) is 0 Å². The van der Waals surface area contributed by atoms with Gasteiger partial charge in [-0.3, -0.25) is 4.79 Å². The van der Waals surface area contributed by atoms with Gasteiger partial charge in [0.2, 0.25) is 0 Å². The smallest absolute Gasteiger partial charge is 0.343 e. The summed E-state index contributed by atoms with van der Waals surface area (Å²) in [6.07, 6.45) is 0.172. The topological polar surface area (TPSA) is 43.4 Å². The second kappa shape index (κ2) is 8.22. The molecule has 0 atom stereocenters. The Bertz CT molecular complexity index is 968. The molecule has 0 aliphatic rings. The van der Waals surface area contributed by atoms with Crippen molar-refractivity contribution in [3.8, 4) is 5.75 Å². The van der Waals surface area contributed by atoms with E-state index in [1.165, 1.54) is 0 Å². The molecule has 28 heavy (non-hydrogen) atoms. The molecular weight excluding hydrogens is 348 g/mol. The fourth-order valence-electron chi connectivity index (χ4n) is 2.89. The minimum atomic E-state index is -0.430. The molecule has 0 bridgehead atoms. The molecular formula is C25H24O3. The molecule has 0 spiro atoms. The van der Waals surface area contributed by atoms with Crippen molar-refractivity contribution in [2.75, 3.05) is 0 Å². The third kappa shape index (κ3) is 4.74. The first-order chi connectivity index (χ1) is 13.3. The highest BCUT2D eigenvalue weighted by atomic mass is 16.5. The number of ether oxygens (including phenoxy) is 1. The van der Waals surface area contributed by atoms with Crippen LogP contribution in [0, 0.1) is 0 Å². The molecule has 3 rings (SSSR count). The Balaban J connectivity index is 1.92. The number of hydrogen-bond acceptors (Lipinski definition) is 3. The van der Waals surface area contributed by atoms with Crippen LogP contribution in [0.1, 0.15) is 52.6 Å². The number of carbonyl (C=O) groups is 2. The lowest BCUT2D eigenvalue weighted by Gasteiger charge is -2.21. The van der Waals surface area contributed by atoms with Crippen LogP contribution in [0.15, 0.2) is 78.9 Å². The summed E-state index contributed by atoms with van der Waals surface area (Å²) >= 11 is 0. The Morgan fingerprint density at radius 3 is 1.93 bits per heavy atom. The van der Waals surface area contributed by atoms with Crippen LogP contribution >= 0.6 is 0 Å². The number of esters is 1. The summed E-state index contributed by atoms with van der Waals surface area (Å²) in [6, 6.07) is 23.8.